The molecule has 0 heterocycles. The van der Waals surface area contributed by atoms with Crippen LogP contribution in [-0.4, -0.2) is 73.4 Å². The molecule has 2 atom stereocenters. The van der Waals surface area contributed by atoms with Crippen LogP contribution in [0.25, 0.3) is 0 Å². The summed E-state index contributed by atoms with van der Waals surface area (Å²) in [5.74, 6) is 0. The zero-order chi connectivity index (χ0) is 14.0. The second kappa shape index (κ2) is 10.7. The minimum absolute atomic E-state index is 0.00501. The van der Waals surface area contributed by atoms with Crippen molar-refractivity contribution in [3.63, 3.8) is 0 Å². The second-order valence-electron chi connectivity index (χ2n) is 4.92. The van der Waals surface area contributed by atoms with E-state index < -0.39 is 6.10 Å². The van der Waals surface area contributed by atoms with Crippen molar-refractivity contribution in [3.8, 4) is 0 Å². The molecule has 0 aromatic carbocycles. The molecule has 0 aliphatic heterocycles. The van der Waals surface area contributed by atoms with Gasteiger partial charge in [-0.25, -0.2) is 0 Å². The second-order valence-corrected chi connectivity index (χ2v) is 4.92. The first-order valence-corrected chi connectivity index (χ1v) is 6.64. The van der Waals surface area contributed by atoms with Gasteiger partial charge in [-0.15, -0.1) is 0 Å². The van der Waals surface area contributed by atoms with Gasteiger partial charge in [0.05, 0.1) is 25.4 Å². The monoisotopic (exact) mass is 263 g/mol. The molecule has 0 saturated carbocycles. The average molecular weight is 263 g/mol. The van der Waals surface area contributed by atoms with Crippen molar-refractivity contribution < 1.29 is 19.7 Å². The van der Waals surface area contributed by atoms with E-state index >= 15 is 0 Å². The lowest BCUT2D eigenvalue weighted by Gasteiger charge is -2.28. The molecule has 0 spiro atoms. The fraction of sp³-hybridized carbons (Fsp3) is 1.00. The predicted molar refractivity (Wildman–Crippen MR) is 71.7 cm³/mol. The highest BCUT2D eigenvalue weighted by Crippen LogP contribution is 2.03. The van der Waals surface area contributed by atoms with Gasteiger partial charge < -0.3 is 19.7 Å². The zero-order valence-corrected chi connectivity index (χ0v) is 12.1. The summed E-state index contributed by atoms with van der Waals surface area (Å²) < 4.78 is 10.4. The number of hydrogen-bond acceptors (Lipinski definition) is 5. The Morgan fingerprint density at radius 1 is 1.17 bits per heavy atom. The fourth-order valence-corrected chi connectivity index (χ4v) is 1.72. The van der Waals surface area contributed by atoms with Gasteiger partial charge in [0, 0.05) is 32.8 Å². The Hall–Kier alpha value is -0.200. The lowest BCUT2D eigenvalue weighted by molar-refractivity contribution is -0.0421. The van der Waals surface area contributed by atoms with E-state index in [2.05, 4.69) is 18.7 Å². The van der Waals surface area contributed by atoms with Crippen molar-refractivity contribution in [1.29, 1.82) is 0 Å². The SMILES string of the molecule is COCC(C)OCC(O)CN(CCCO)C(C)C. The van der Waals surface area contributed by atoms with E-state index in [1.54, 1.807) is 7.11 Å². The molecule has 0 fully saturated rings. The summed E-state index contributed by atoms with van der Waals surface area (Å²) in [6.45, 7) is 8.47. The summed E-state index contributed by atoms with van der Waals surface area (Å²) in [7, 11) is 1.63. The Morgan fingerprint density at radius 2 is 1.83 bits per heavy atom. The molecule has 0 aliphatic carbocycles. The van der Waals surface area contributed by atoms with Crippen molar-refractivity contribution >= 4 is 0 Å². The Labute approximate surface area is 111 Å². The first-order valence-electron chi connectivity index (χ1n) is 6.64. The van der Waals surface area contributed by atoms with E-state index in [0.29, 0.717) is 25.8 Å². The average Bonchev–Trinajstić information content (AvgIpc) is 2.32. The molecular weight excluding hydrogens is 234 g/mol. The highest BCUT2D eigenvalue weighted by atomic mass is 16.5. The molecule has 0 aromatic heterocycles. The Kier molecular flexibility index (Phi) is 10.6. The number of aliphatic hydroxyl groups excluding tert-OH is 2. The molecule has 18 heavy (non-hydrogen) atoms. The molecule has 110 valence electrons. The Bertz CT molecular complexity index is 190. The standard InChI is InChI=1S/C13H29NO4/c1-11(2)14(6-5-7-15)8-13(16)10-18-12(3)9-17-4/h11-13,15-16H,5-10H2,1-4H3. The molecule has 0 aliphatic rings. The summed E-state index contributed by atoms with van der Waals surface area (Å²) >= 11 is 0. The Morgan fingerprint density at radius 3 is 2.33 bits per heavy atom. The first kappa shape index (κ1) is 17.8. The smallest absolute Gasteiger partial charge is 0.0900 e. The third kappa shape index (κ3) is 8.83. The number of aliphatic hydroxyl groups is 2. The van der Waals surface area contributed by atoms with E-state index in [1.807, 2.05) is 6.92 Å². The van der Waals surface area contributed by atoms with E-state index in [4.69, 9.17) is 14.6 Å². The predicted octanol–water partition coefficient (Wildman–Crippen LogP) is 0.492. The minimum Gasteiger partial charge on any atom is -0.396 e. The van der Waals surface area contributed by atoms with Gasteiger partial charge >= 0.3 is 0 Å². The van der Waals surface area contributed by atoms with Crippen LogP contribution in [0.2, 0.25) is 0 Å². The minimum atomic E-state index is -0.509. The van der Waals surface area contributed by atoms with Gasteiger partial charge in [-0.1, -0.05) is 0 Å². The topological polar surface area (TPSA) is 62.2 Å². The number of nitrogens with zero attached hydrogens (tertiary/aromatic N) is 1. The van der Waals surface area contributed by atoms with Gasteiger partial charge in [-0.3, -0.25) is 4.90 Å². The van der Waals surface area contributed by atoms with Crippen LogP contribution in [0, 0.1) is 0 Å². The third-order valence-corrected chi connectivity index (χ3v) is 2.75. The lowest BCUT2D eigenvalue weighted by atomic mass is 10.2. The summed E-state index contributed by atoms with van der Waals surface area (Å²) in [5.41, 5.74) is 0. The number of hydrogen-bond donors (Lipinski definition) is 2. The van der Waals surface area contributed by atoms with Crippen molar-refractivity contribution in [1.82, 2.24) is 4.90 Å². The maximum absolute atomic E-state index is 9.91. The lowest BCUT2D eigenvalue weighted by Crippen LogP contribution is -2.40. The normalized spacial score (nSPS) is 15.3. The van der Waals surface area contributed by atoms with Gasteiger partial charge in [0.2, 0.25) is 0 Å². The van der Waals surface area contributed by atoms with E-state index in [1.165, 1.54) is 0 Å². The van der Waals surface area contributed by atoms with E-state index in [-0.39, 0.29) is 12.7 Å². The maximum Gasteiger partial charge on any atom is 0.0900 e. The van der Waals surface area contributed by atoms with E-state index in [0.717, 1.165) is 13.0 Å². The van der Waals surface area contributed by atoms with Crippen molar-refractivity contribution in [2.45, 2.75) is 45.4 Å². The van der Waals surface area contributed by atoms with Gasteiger partial charge in [-0.2, -0.15) is 0 Å². The molecule has 5 nitrogen and oxygen atoms in total. The van der Waals surface area contributed by atoms with Gasteiger partial charge in [0.1, 0.15) is 0 Å². The van der Waals surface area contributed by atoms with Crippen molar-refractivity contribution in [2.75, 3.05) is 40.0 Å². The van der Waals surface area contributed by atoms with Crippen LogP contribution in [0.5, 0.6) is 0 Å². The van der Waals surface area contributed by atoms with Crippen LogP contribution < -0.4 is 0 Å². The third-order valence-electron chi connectivity index (χ3n) is 2.75. The number of methoxy groups -OCH3 is 1. The molecule has 2 N–H and O–H groups in total. The molecular formula is C13H29NO4. The van der Waals surface area contributed by atoms with Crippen molar-refractivity contribution in [2.24, 2.45) is 0 Å². The molecule has 0 radical (unpaired) electrons. The quantitative estimate of drug-likeness (QED) is 0.568. The van der Waals surface area contributed by atoms with Crippen molar-refractivity contribution in [3.05, 3.63) is 0 Å². The summed E-state index contributed by atoms with van der Waals surface area (Å²) in [4.78, 5) is 2.14. The van der Waals surface area contributed by atoms with Gasteiger partial charge in [0.25, 0.3) is 0 Å². The van der Waals surface area contributed by atoms with Gasteiger partial charge in [-0.05, 0) is 27.2 Å². The summed E-state index contributed by atoms with van der Waals surface area (Å²) in [6, 6.07) is 0.350. The molecule has 0 saturated heterocycles. The zero-order valence-electron chi connectivity index (χ0n) is 12.1. The molecule has 5 heteroatoms. The highest BCUT2D eigenvalue weighted by molar-refractivity contribution is 4.68. The number of rotatable bonds is 11. The largest absolute Gasteiger partial charge is 0.396 e. The van der Waals surface area contributed by atoms with Crippen LogP contribution in [0.15, 0.2) is 0 Å². The maximum atomic E-state index is 9.91. The van der Waals surface area contributed by atoms with Crippen LogP contribution in [0.3, 0.4) is 0 Å². The molecule has 2 unspecified atom stereocenters. The fourth-order valence-electron chi connectivity index (χ4n) is 1.72. The van der Waals surface area contributed by atoms with Crippen LogP contribution in [-0.2, 0) is 9.47 Å². The van der Waals surface area contributed by atoms with Gasteiger partial charge in [0.15, 0.2) is 0 Å². The highest BCUT2D eigenvalue weighted by Gasteiger charge is 2.15. The molecule has 0 amide bonds. The van der Waals surface area contributed by atoms with Crippen LogP contribution >= 0.6 is 0 Å². The first-order chi connectivity index (χ1) is 8.51. The Balaban J connectivity index is 3.90. The molecule has 0 rings (SSSR count). The summed E-state index contributed by atoms with van der Waals surface area (Å²) in [6.07, 6.45) is 0.214. The molecule has 0 aromatic rings. The molecule has 0 bridgehead atoms. The van der Waals surface area contributed by atoms with E-state index in [9.17, 15) is 5.11 Å². The number of ether oxygens (including phenoxy) is 2. The summed E-state index contributed by atoms with van der Waals surface area (Å²) in [5, 5.41) is 18.8. The van der Waals surface area contributed by atoms with Crippen LogP contribution in [0.1, 0.15) is 27.2 Å². The van der Waals surface area contributed by atoms with Crippen LogP contribution in [0.4, 0.5) is 0 Å².